The van der Waals surface area contributed by atoms with Gasteiger partial charge in [-0.05, 0) is 25.0 Å². The number of nitrogens with one attached hydrogen (secondary N) is 1. The minimum Gasteiger partial charge on any atom is -0.493 e. The van der Waals surface area contributed by atoms with Gasteiger partial charge in [-0.2, -0.15) is 0 Å². The molecular weight excluding hydrogens is 298 g/mol. The van der Waals surface area contributed by atoms with Gasteiger partial charge in [-0.15, -0.1) is 10.2 Å². The molecule has 1 aromatic heterocycles. The van der Waals surface area contributed by atoms with Crippen molar-refractivity contribution < 1.29 is 9.53 Å². The zero-order valence-electron chi connectivity index (χ0n) is 13.0. The predicted octanol–water partition coefficient (Wildman–Crippen LogP) is 3.92. The second-order valence-electron chi connectivity index (χ2n) is 4.86. The number of para-hydroxylation sites is 1. The zero-order chi connectivity index (χ0) is 15.8. The fourth-order valence-electron chi connectivity index (χ4n) is 1.93. The van der Waals surface area contributed by atoms with E-state index in [0.29, 0.717) is 23.1 Å². The number of aryl methyl sites for hydroxylation is 1. The maximum absolute atomic E-state index is 12.4. The van der Waals surface area contributed by atoms with Crippen molar-refractivity contribution in [2.45, 2.75) is 39.5 Å². The van der Waals surface area contributed by atoms with Gasteiger partial charge in [-0.25, -0.2) is 0 Å². The highest BCUT2D eigenvalue weighted by Crippen LogP contribution is 2.21. The molecule has 0 aliphatic heterocycles. The molecule has 0 radical (unpaired) electrons. The quantitative estimate of drug-likeness (QED) is 0.749. The Balaban J connectivity index is 2.02. The van der Waals surface area contributed by atoms with E-state index in [1.165, 1.54) is 11.3 Å². The Bertz CT molecular complexity index is 613. The third kappa shape index (κ3) is 4.53. The first-order chi connectivity index (χ1) is 10.7. The molecule has 0 saturated heterocycles. The lowest BCUT2D eigenvalue weighted by molar-refractivity contribution is 0.102. The standard InChI is InChI=1S/C16H21N3O2S/c1-3-5-8-11-21-13-10-7-6-9-12(13)15(20)17-16-19-18-14(4-2)22-16/h6-7,9-10H,3-5,8,11H2,1-2H3,(H,17,19,20). The van der Waals surface area contributed by atoms with Crippen molar-refractivity contribution in [3.63, 3.8) is 0 Å². The summed E-state index contributed by atoms with van der Waals surface area (Å²) in [5.41, 5.74) is 0.521. The second kappa shape index (κ2) is 8.48. The van der Waals surface area contributed by atoms with E-state index in [1.54, 1.807) is 6.07 Å². The number of aromatic nitrogens is 2. The van der Waals surface area contributed by atoms with E-state index in [1.807, 2.05) is 25.1 Å². The third-order valence-corrected chi connectivity index (χ3v) is 4.11. The van der Waals surface area contributed by atoms with Gasteiger partial charge in [-0.3, -0.25) is 10.1 Å². The fraction of sp³-hybridized carbons (Fsp3) is 0.438. The number of unbranched alkanes of at least 4 members (excludes halogenated alkanes) is 2. The highest BCUT2D eigenvalue weighted by Gasteiger charge is 2.14. The van der Waals surface area contributed by atoms with Crippen molar-refractivity contribution in [3.05, 3.63) is 34.8 Å². The largest absolute Gasteiger partial charge is 0.493 e. The van der Waals surface area contributed by atoms with Crippen LogP contribution in [0.2, 0.25) is 0 Å². The summed E-state index contributed by atoms with van der Waals surface area (Å²) in [7, 11) is 0. The molecule has 118 valence electrons. The van der Waals surface area contributed by atoms with Crippen molar-refractivity contribution in [1.82, 2.24) is 10.2 Å². The van der Waals surface area contributed by atoms with Gasteiger partial charge in [0.15, 0.2) is 0 Å². The second-order valence-corrected chi connectivity index (χ2v) is 5.92. The van der Waals surface area contributed by atoms with Gasteiger partial charge >= 0.3 is 0 Å². The molecule has 0 saturated carbocycles. The van der Waals surface area contributed by atoms with Crippen LogP contribution >= 0.6 is 11.3 Å². The number of amides is 1. The predicted molar refractivity (Wildman–Crippen MR) is 88.7 cm³/mol. The minimum absolute atomic E-state index is 0.218. The van der Waals surface area contributed by atoms with Crippen LogP contribution in [0.5, 0.6) is 5.75 Å². The van der Waals surface area contributed by atoms with Gasteiger partial charge in [0, 0.05) is 0 Å². The van der Waals surface area contributed by atoms with Crippen molar-refractivity contribution in [3.8, 4) is 5.75 Å². The molecule has 1 amide bonds. The third-order valence-electron chi connectivity index (χ3n) is 3.13. The number of rotatable bonds is 8. The van der Waals surface area contributed by atoms with Crippen molar-refractivity contribution in [2.24, 2.45) is 0 Å². The van der Waals surface area contributed by atoms with Gasteiger partial charge in [0.25, 0.3) is 5.91 Å². The number of carbonyl (C=O) groups excluding carboxylic acids is 1. The molecule has 0 atom stereocenters. The summed E-state index contributed by atoms with van der Waals surface area (Å²) in [6, 6.07) is 7.27. The van der Waals surface area contributed by atoms with E-state index < -0.39 is 0 Å². The van der Waals surface area contributed by atoms with E-state index in [0.717, 1.165) is 30.7 Å². The van der Waals surface area contributed by atoms with E-state index >= 15 is 0 Å². The van der Waals surface area contributed by atoms with Crippen molar-refractivity contribution >= 4 is 22.4 Å². The number of anilines is 1. The lowest BCUT2D eigenvalue weighted by atomic mass is 10.2. The molecule has 0 fully saturated rings. The van der Waals surface area contributed by atoms with E-state index in [-0.39, 0.29) is 5.91 Å². The molecule has 0 bridgehead atoms. The Kier molecular flexibility index (Phi) is 6.33. The van der Waals surface area contributed by atoms with Crippen molar-refractivity contribution in [1.29, 1.82) is 0 Å². The van der Waals surface area contributed by atoms with E-state index in [2.05, 4.69) is 22.4 Å². The maximum atomic E-state index is 12.4. The maximum Gasteiger partial charge on any atom is 0.261 e. The number of carbonyl (C=O) groups is 1. The van der Waals surface area contributed by atoms with Crippen LogP contribution in [-0.4, -0.2) is 22.7 Å². The molecule has 6 heteroatoms. The van der Waals surface area contributed by atoms with Crippen LogP contribution in [0.15, 0.2) is 24.3 Å². The van der Waals surface area contributed by atoms with Crippen LogP contribution in [-0.2, 0) is 6.42 Å². The van der Waals surface area contributed by atoms with Crippen LogP contribution < -0.4 is 10.1 Å². The van der Waals surface area contributed by atoms with Gasteiger partial charge in [0.1, 0.15) is 10.8 Å². The average Bonchev–Trinajstić information content (AvgIpc) is 2.99. The number of hydrogen-bond acceptors (Lipinski definition) is 5. The Morgan fingerprint density at radius 2 is 2.05 bits per heavy atom. The van der Waals surface area contributed by atoms with Crippen LogP contribution in [0.1, 0.15) is 48.5 Å². The molecule has 1 N–H and O–H groups in total. The summed E-state index contributed by atoms with van der Waals surface area (Å²) in [4.78, 5) is 12.4. The Morgan fingerprint density at radius 1 is 1.23 bits per heavy atom. The van der Waals surface area contributed by atoms with E-state index in [9.17, 15) is 4.79 Å². The van der Waals surface area contributed by atoms with Crippen molar-refractivity contribution in [2.75, 3.05) is 11.9 Å². The molecule has 1 heterocycles. The Labute approximate surface area is 134 Å². The molecule has 0 aliphatic carbocycles. The Morgan fingerprint density at radius 3 is 2.77 bits per heavy atom. The fourth-order valence-corrected chi connectivity index (χ4v) is 2.60. The van der Waals surface area contributed by atoms with Gasteiger partial charge in [-0.1, -0.05) is 50.2 Å². The monoisotopic (exact) mass is 319 g/mol. The lowest BCUT2D eigenvalue weighted by Crippen LogP contribution is -2.13. The molecule has 5 nitrogen and oxygen atoms in total. The first kappa shape index (κ1) is 16.4. The summed E-state index contributed by atoms with van der Waals surface area (Å²) < 4.78 is 5.73. The summed E-state index contributed by atoms with van der Waals surface area (Å²) >= 11 is 1.39. The highest BCUT2D eigenvalue weighted by molar-refractivity contribution is 7.15. The molecule has 1 aromatic carbocycles. The SMILES string of the molecule is CCCCCOc1ccccc1C(=O)Nc1nnc(CC)s1. The summed E-state index contributed by atoms with van der Waals surface area (Å²) in [5, 5.41) is 12.2. The van der Waals surface area contributed by atoms with Gasteiger partial charge < -0.3 is 4.74 Å². The van der Waals surface area contributed by atoms with Crippen LogP contribution in [0.3, 0.4) is 0 Å². The van der Waals surface area contributed by atoms with Gasteiger partial charge in [0.05, 0.1) is 12.2 Å². The average molecular weight is 319 g/mol. The first-order valence-corrected chi connectivity index (χ1v) is 8.41. The minimum atomic E-state index is -0.218. The van der Waals surface area contributed by atoms with Crippen LogP contribution in [0, 0.1) is 0 Å². The van der Waals surface area contributed by atoms with E-state index in [4.69, 9.17) is 4.74 Å². The Hall–Kier alpha value is -1.95. The summed E-state index contributed by atoms with van der Waals surface area (Å²) in [6.07, 6.45) is 4.06. The molecule has 0 spiro atoms. The highest BCUT2D eigenvalue weighted by atomic mass is 32.1. The number of ether oxygens (including phenoxy) is 1. The van der Waals surface area contributed by atoms with Gasteiger partial charge in [0.2, 0.25) is 5.13 Å². The molecule has 0 aliphatic rings. The molecular formula is C16H21N3O2S. The first-order valence-electron chi connectivity index (χ1n) is 7.60. The number of benzene rings is 1. The van der Waals surface area contributed by atoms with Crippen LogP contribution in [0.25, 0.3) is 0 Å². The summed E-state index contributed by atoms with van der Waals surface area (Å²) in [5.74, 6) is 0.390. The number of nitrogens with zero attached hydrogens (tertiary/aromatic N) is 2. The smallest absolute Gasteiger partial charge is 0.261 e. The normalized spacial score (nSPS) is 10.5. The zero-order valence-corrected chi connectivity index (χ0v) is 13.8. The lowest BCUT2D eigenvalue weighted by Gasteiger charge is -2.10. The number of hydrogen-bond donors (Lipinski definition) is 1. The van der Waals surface area contributed by atoms with Crippen LogP contribution in [0.4, 0.5) is 5.13 Å². The topological polar surface area (TPSA) is 64.1 Å². The molecule has 22 heavy (non-hydrogen) atoms. The molecule has 2 aromatic rings. The molecule has 0 unspecified atom stereocenters. The molecule has 2 rings (SSSR count). The summed E-state index contributed by atoms with van der Waals surface area (Å²) in [6.45, 7) is 4.77.